The fourth-order valence-corrected chi connectivity index (χ4v) is 0.604. The molecule has 0 unspecified atom stereocenters. The van der Waals surface area contributed by atoms with Gasteiger partial charge in [0.1, 0.15) is 6.04 Å². The molecule has 0 saturated carbocycles. The first kappa shape index (κ1) is 27.3. The van der Waals surface area contributed by atoms with Crippen LogP contribution >= 0.6 is 0 Å². The molecule has 0 radical (unpaired) electrons. The first-order valence-electron chi connectivity index (χ1n) is 4.82. The van der Waals surface area contributed by atoms with Gasteiger partial charge in [0, 0.05) is 13.3 Å². The summed E-state index contributed by atoms with van der Waals surface area (Å²) in [6, 6.07) is -1.06. The predicted molar refractivity (Wildman–Crippen MR) is 64.4 cm³/mol. The first-order chi connectivity index (χ1) is 8.20. The summed E-state index contributed by atoms with van der Waals surface area (Å²) < 4.78 is 4.00. The monoisotopic (exact) mass is 305 g/mol. The molecule has 114 valence electrons. The van der Waals surface area contributed by atoms with Crippen molar-refractivity contribution in [3.05, 3.63) is 0 Å². The maximum Gasteiger partial charge on any atom is 1.00 e. The number of carbonyl (C=O) groups is 4. The van der Waals surface area contributed by atoms with Gasteiger partial charge in [-0.3, -0.25) is 19.2 Å². The van der Waals surface area contributed by atoms with E-state index in [0.717, 1.165) is 6.92 Å². The van der Waals surface area contributed by atoms with Crippen LogP contribution in [0.4, 0.5) is 0 Å². The van der Waals surface area contributed by atoms with Gasteiger partial charge in [-0.25, -0.2) is 0 Å². The van der Waals surface area contributed by atoms with Crippen molar-refractivity contribution < 1.29 is 65.1 Å². The summed E-state index contributed by atoms with van der Waals surface area (Å²) in [5, 5.41) is 16.3. The molecule has 0 aliphatic carbocycles. The van der Waals surface area contributed by atoms with Crippen LogP contribution in [0.15, 0.2) is 0 Å². The Morgan fingerprint density at radius 3 is 1.90 bits per heavy atom. The van der Waals surface area contributed by atoms with E-state index in [1.807, 2.05) is 0 Å². The van der Waals surface area contributed by atoms with Crippen LogP contribution in [-0.2, 0) is 23.9 Å². The van der Waals surface area contributed by atoms with Gasteiger partial charge in [0.25, 0.3) is 0 Å². The molecule has 0 aliphatic rings. The van der Waals surface area contributed by atoms with Crippen molar-refractivity contribution in [1.29, 1.82) is 0 Å². The van der Waals surface area contributed by atoms with Crippen molar-refractivity contribution >= 4 is 23.9 Å². The van der Waals surface area contributed by atoms with Gasteiger partial charge in [-0.2, -0.15) is 0 Å². The number of hydrogen-bond donors (Lipinski definition) is 5. The van der Waals surface area contributed by atoms with Gasteiger partial charge in [0.15, 0.2) is 0 Å². The Kier molecular flexibility index (Phi) is 21.9. The molecule has 0 saturated heterocycles. The molecule has 0 aromatic heterocycles. The van der Waals surface area contributed by atoms with Gasteiger partial charge < -0.3 is 34.0 Å². The number of aliphatic carboxylic acids is 2. The Bertz CT molecular complexity index is 330. The smallest absolute Gasteiger partial charge is 1.00 e. The average molecular weight is 305 g/mol. The van der Waals surface area contributed by atoms with Crippen LogP contribution in [0, 0.1) is 0 Å². The van der Waals surface area contributed by atoms with Crippen molar-refractivity contribution in [1.82, 2.24) is 6.15 Å². The number of ether oxygens (including phenoxy) is 1. The quantitative estimate of drug-likeness (QED) is 0.187. The van der Waals surface area contributed by atoms with Gasteiger partial charge in [-0.05, 0) is 6.42 Å². The Hall–Kier alpha value is -1.04. The molecular weight excluding hydrogens is 285 g/mol. The summed E-state index contributed by atoms with van der Waals surface area (Å²) in [6.45, 7) is 0.896. The zero-order chi connectivity index (χ0) is 14.7. The molecule has 11 heteroatoms. The van der Waals surface area contributed by atoms with Crippen LogP contribution in [0.25, 0.3) is 0 Å². The molecular formula is C9H20N3NaO7. The first-order valence-corrected chi connectivity index (χ1v) is 4.82. The summed E-state index contributed by atoms with van der Waals surface area (Å²) in [5.41, 5.74) is 9.80. The Labute approximate surface area is 139 Å². The van der Waals surface area contributed by atoms with Crippen molar-refractivity contribution in [2.24, 2.45) is 11.5 Å². The molecule has 9 N–H and O–H groups in total. The SMILES string of the molecule is CC(=O)OC(=O)CN.N.N[C@@H](CCC(=O)O)C(=O)O.[H-].[Na+]. The Balaban J connectivity index is -0.0000000724. The van der Waals surface area contributed by atoms with E-state index >= 15 is 0 Å². The Morgan fingerprint density at radius 1 is 1.25 bits per heavy atom. The standard InChI is InChI=1S/C5H9NO4.C4H7NO3.H3N.Na.H/c6-3(5(9)10)1-2-4(7)8;1-3(6)8-4(7)2-5;;;/h3H,1-2,6H2,(H,7,8)(H,9,10);2,5H2,1H3;1H3;;/q;;;+1;-1/t3-;;;;/m0..../s1. The second-order valence-corrected chi connectivity index (χ2v) is 3.05. The maximum absolute atomic E-state index is 10.1. The maximum atomic E-state index is 10.1. The molecule has 0 aliphatic heterocycles. The van der Waals surface area contributed by atoms with E-state index in [1.165, 1.54) is 0 Å². The molecule has 0 fully saturated rings. The van der Waals surface area contributed by atoms with Crippen LogP contribution in [0.5, 0.6) is 0 Å². The third-order valence-electron chi connectivity index (χ3n) is 1.41. The average Bonchev–Trinajstić information content (AvgIpc) is 2.25. The van der Waals surface area contributed by atoms with E-state index in [4.69, 9.17) is 21.7 Å². The number of hydrogen-bond acceptors (Lipinski definition) is 8. The minimum Gasteiger partial charge on any atom is -1.00 e. The van der Waals surface area contributed by atoms with Crippen LogP contribution < -0.4 is 47.2 Å². The van der Waals surface area contributed by atoms with Gasteiger partial charge in [-0.15, -0.1) is 0 Å². The zero-order valence-corrected chi connectivity index (χ0v) is 13.5. The predicted octanol–water partition coefficient (Wildman–Crippen LogP) is -4.42. The summed E-state index contributed by atoms with van der Waals surface area (Å²) in [7, 11) is 0. The molecule has 0 aromatic rings. The van der Waals surface area contributed by atoms with E-state index in [9.17, 15) is 19.2 Å². The number of rotatable bonds is 5. The Morgan fingerprint density at radius 2 is 1.70 bits per heavy atom. The van der Waals surface area contributed by atoms with E-state index in [0.29, 0.717) is 0 Å². The zero-order valence-electron chi connectivity index (χ0n) is 12.5. The van der Waals surface area contributed by atoms with Gasteiger partial charge in [0.05, 0.1) is 6.54 Å². The van der Waals surface area contributed by atoms with Crippen LogP contribution in [-0.4, -0.2) is 46.7 Å². The van der Waals surface area contributed by atoms with E-state index in [2.05, 4.69) is 4.74 Å². The summed E-state index contributed by atoms with van der Waals surface area (Å²) in [6.07, 6.45) is -0.224. The fraction of sp³-hybridized carbons (Fsp3) is 0.556. The molecule has 0 amide bonds. The summed E-state index contributed by atoms with van der Waals surface area (Å²) in [5.74, 6) is -3.52. The van der Waals surface area contributed by atoms with Gasteiger partial charge >= 0.3 is 53.4 Å². The van der Waals surface area contributed by atoms with Gasteiger partial charge in [-0.1, -0.05) is 0 Å². The number of carboxylic acids is 2. The fourth-order valence-electron chi connectivity index (χ4n) is 0.604. The number of carbonyl (C=O) groups excluding carboxylic acids is 2. The number of esters is 2. The minimum absolute atomic E-state index is 0. The minimum atomic E-state index is -1.17. The summed E-state index contributed by atoms with van der Waals surface area (Å²) >= 11 is 0. The van der Waals surface area contributed by atoms with Crippen LogP contribution in [0.3, 0.4) is 0 Å². The van der Waals surface area contributed by atoms with E-state index < -0.39 is 29.9 Å². The van der Waals surface area contributed by atoms with Crippen LogP contribution in [0.1, 0.15) is 21.2 Å². The second kappa shape index (κ2) is 16.0. The number of carboxylic acid groups (broad SMARTS) is 2. The molecule has 0 aromatic carbocycles. The van der Waals surface area contributed by atoms with Crippen molar-refractivity contribution in [2.45, 2.75) is 25.8 Å². The molecule has 0 spiro atoms. The van der Waals surface area contributed by atoms with Crippen molar-refractivity contribution in [3.63, 3.8) is 0 Å². The van der Waals surface area contributed by atoms with E-state index in [1.54, 1.807) is 0 Å². The van der Waals surface area contributed by atoms with Gasteiger partial charge in [0.2, 0.25) is 0 Å². The molecule has 10 nitrogen and oxygen atoms in total. The van der Waals surface area contributed by atoms with Crippen LogP contribution in [0.2, 0.25) is 0 Å². The van der Waals surface area contributed by atoms with Crippen molar-refractivity contribution in [2.75, 3.05) is 6.54 Å². The second-order valence-electron chi connectivity index (χ2n) is 3.05. The molecule has 1 atom stereocenters. The normalized spacial score (nSPS) is 9.55. The van der Waals surface area contributed by atoms with Crippen molar-refractivity contribution in [3.8, 4) is 0 Å². The molecule has 0 heterocycles. The topological polar surface area (TPSA) is 205 Å². The molecule has 0 rings (SSSR count). The number of nitrogens with two attached hydrogens (primary N) is 2. The van der Waals surface area contributed by atoms with E-state index in [-0.39, 0.29) is 56.5 Å². The largest absolute Gasteiger partial charge is 1.00 e. The molecule has 0 bridgehead atoms. The third kappa shape index (κ3) is 22.2. The molecule has 20 heavy (non-hydrogen) atoms. The third-order valence-corrected chi connectivity index (χ3v) is 1.41. The summed E-state index contributed by atoms with van der Waals surface area (Å²) in [4.78, 5) is 39.8.